The van der Waals surface area contributed by atoms with E-state index in [2.05, 4.69) is 10.4 Å². The molecular formula is C14H16F3N3O. The van der Waals surface area contributed by atoms with Crippen molar-refractivity contribution in [3.05, 3.63) is 48.3 Å². The van der Waals surface area contributed by atoms with Crippen molar-refractivity contribution in [2.45, 2.75) is 19.3 Å². The molecule has 2 aromatic rings. The van der Waals surface area contributed by atoms with Gasteiger partial charge in [0.05, 0.1) is 6.54 Å². The van der Waals surface area contributed by atoms with Gasteiger partial charge in [-0.1, -0.05) is 12.1 Å². The molecule has 1 heterocycles. The average Bonchev–Trinajstić information content (AvgIpc) is 2.94. The standard InChI is InChI=1S/C14H16F3N3O/c15-14(16,17)11-21-13-4-1-3-12(9-13)10-18-6-8-20-7-2-5-19-20/h1-5,7,9,18H,6,8,10-11H2. The summed E-state index contributed by atoms with van der Waals surface area (Å²) < 4.78 is 42.7. The second-order valence-electron chi connectivity index (χ2n) is 4.50. The topological polar surface area (TPSA) is 39.1 Å². The molecule has 0 spiro atoms. The number of nitrogens with zero attached hydrogens (tertiary/aromatic N) is 2. The SMILES string of the molecule is FC(F)(F)COc1cccc(CNCCn2cccn2)c1. The summed E-state index contributed by atoms with van der Waals surface area (Å²) >= 11 is 0. The average molecular weight is 299 g/mol. The summed E-state index contributed by atoms with van der Waals surface area (Å²) in [6.45, 7) is 0.736. The molecule has 0 bridgehead atoms. The van der Waals surface area contributed by atoms with E-state index in [1.165, 1.54) is 6.07 Å². The second kappa shape index (κ2) is 7.12. The van der Waals surface area contributed by atoms with Crippen molar-refractivity contribution in [3.63, 3.8) is 0 Å². The lowest BCUT2D eigenvalue weighted by Gasteiger charge is -2.10. The first-order valence-electron chi connectivity index (χ1n) is 6.49. The van der Waals surface area contributed by atoms with Crippen LogP contribution in [0.25, 0.3) is 0 Å². The highest BCUT2D eigenvalue weighted by molar-refractivity contribution is 5.28. The summed E-state index contributed by atoms with van der Waals surface area (Å²) in [5.74, 6) is 0.221. The lowest BCUT2D eigenvalue weighted by molar-refractivity contribution is -0.153. The van der Waals surface area contributed by atoms with Gasteiger partial charge in [0.1, 0.15) is 5.75 Å². The number of nitrogens with one attached hydrogen (secondary N) is 1. The molecule has 0 saturated heterocycles. The van der Waals surface area contributed by atoms with Crippen LogP contribution in [0.15, 0.2) is 42.7 Å². The van der Waals surface area contributed by atoms with E-state index < -0.39 is 12.8 Å². The molecule has 0 aliphatic heterocycles. The molecule has 0 radical (unpaired) electrons. The van der Waals surface area contributed by atoms with E-state index >= 15 is 0 Å². The maximum absolute atomic E-state index is 12.1. The largest absolute Gasteiger partial charge is 0.484 e. The van der Waals surface area contributed by atoms with Crippen LogP contribution in [0, 0.1) is 0 Å². The fraction of sp³-hybridized carbons (Fsp3) is 0.357. The molecule has 1 aromatic heterocycles. The van der Waals surface area contributed by atoms with E-state index in [0.717, 1.165) is 18.7 Å². The van der Waals surface area contributed by atoms with Gasteiger partial charge in [-0.05, 0) is 23.8 Å². The summed E-state index contributed by atoms with van der Waals surface area (Å²) in [4.78, 5) is 0. The minimum atomic E-state index is -4.32. The Morgan fingerprint density at radius 3 is 2.81 bits per heavy atom. The predicted molar refractivity (Wildman–Crippen MR) is 71.9 cm³/mol. The minimum Gasteiger partial charge on any atom is -0.484 e. The number of hydrogen-bond acceptors (Lipinski definition) is 3. The molecule has 0 saturated carbocycles. The highest BCUT2D eigenvalue weighted by Crippen LogP contribution is 2.19. The van der Waals surface area contributed by atoms with Gasteiger partial charge in [-0.25, -0.2) is 0 Å². The number of alkyl halides is 3. The molecule has 0 atom stereocenters. The van der Waals surface area contributed by atoms with Crippen LogP contribution >= 0.6 is 0 Å². The van der Waals surface area contributed by atoms with Crippen LogP contribution in [0.5, 0.6) is 5.75 Å². The minimum absolute atomic E-state index is 0.221. The van der Waals surface area contributed by atoms with Gasteiger partial charge in [-0.2, -0.15) is 18.3 Å². The second-order valence-corrected chi connectivity index (χ2v) is 4.50. The van der Waals surface area contributed by atoms with Gasteiger partial charge in [-0.3, -0.25) is 4.68 Å². The van der Waals surface area contributed by atoms with E-state index in [1.807, 2.05) is 18.3 Å². The van der Waals surface area contributed by atoms with Gasteiger partial charge in [0, 0.05) is 25.5 Å². The molecule has 114 valence electrons. The Hall–Kier alpha value is -2.02. The van der Waals surface area contributed by atoms with Crippen LogP contribution in [0.2, 0.25) is 0 Å². The normalized spacial score (nSPS) is 11.6. The third kappa shape index (κ3) is 5.86. The zero-order valence-corrected chi connectivity index (χ0v) is 11.3. The van der Waals surface area contributed by atoms with Crippen molar-refractivity contribution in [2.75, 3.05) is 13.2 Å². The van der Waals surface area contributed by atoms with E-state index in [4.69, 9.17) is 4.74 Å². The van der Waals surface area contributed by atoms with Crippen LogP contribution in [-0.2, 0) is 13.1 Å². The summed E-state index contributed by atoms with van der Waals surface area (Å²) in [7, 11) is 0. The first-order chi connectivity index (χ1) is 10.0. The molecule has 21 heavy (non-hydrogen) atoms. The monoisotopic (exact) mass is 299 g/mol. The van der Waals surface area contributed by atoms with Gasteiger partial charge < -0.3 is 10.1 Å². The van der Waals surface area contributed by atoms with Crippen molar-refractivity contribution in [1.82, 2.24) is 15.1 Å². The summed E-state index contributed by atoms with van der Waals surface area (Å²) in [5.41, 5.74) is 0.870. The zero-order valence-electron chi connectivity index (χ0n) is 11.3. The van der Waals surface area contributed by atoms with Crippen LogP contribution in [0.1, 0.15) is 5.56 Å². The summed E-state index contributed by atoms with van der Waals surface area (Å²) in [6.07, 6.45) is -0.743. The Balaban J connectivity index is 1.75. The van der Waals surface area contributed by atoms with Crippen LogP contribution in [0.3, 0.4) is 0 Å². The zero-order chi connectivity index (χ0) is 15.1. The lowest BCUT2D eigenvalue weighted by Crippen LogP contribution is -2.20. The quantitative estimate of drug-likeness (QED) is 0.799. The number of aromatic nitrogens is 2. The third-order valence-electron chi connectivity index (χ3n) is 2.71. The molecule has 0 aliphatic carbocycles. The Morgan fingerprint density at radius 1 is 1.24 bits per heavy atom. The smallest absolute Gasteiger partial charge is 0.422 e. The van der Waals surface area contributed by atoms with Crippen molar-refractivity contribution in [3.8, 4) is 5.75 Å². The molecule has 0 fully saturated rings. The molecule has 0 amide bonds. The molecule has 2 rings (SSSR count). The van der Waals surface area contributed by atoms with E-state index in [9.17, 15) is 13.2 Å². The Kier molecular flexibility index (Phi) is 5.21. The fourth-order valence-corrected chi connectivity index (χ4v) is 1.77. The molecule has 0 unspecified atom stereocenters. The first kappa shape index (κ1) is 15.4. The molecule has 0 aliphatic rings. The van der Waals surface area contributed by atoms with Crippen molar-refractivity contribution >= 4 is 0 Å². The molecule has 4 nitrogen and oxygen atoms in total. The maximum Gasteiger partial charge on any atom is 0.422 e. The van der Waals surface area contributed by atoms with Gasteiger partial charge >= 0.3 is 6.18 Å². The number of rotatable bonds is 7. The molecule has 1 aromatic carbocycles. The van der Waals surface area contributed by atoms with Gasteiger partial charge in [-0.15, -0.1) is 0 Å². The molecular weight excluding hydrogens is 283 g/mol. The van der Waals surface area contributed by atoms with Gasteiger partial charge in [0.15, 0.2) is 6.61 Å². The summed E-state index contributed by atoms with van der Waals surface area (Å²) in [6, 6.07) is 8.48. The molecule has 1 N–H and O–H groups in total. The Bertz CT molecular complexity index is 541. The number of halogens is 3. The lowest BCUT2D eigenvalue weighted by atomic mass is 10.2. The van der Waals surface area contributed by atoms with Gasteiger partial charge in [0.2, 0.25) is 0 Å². The number of benzene rings is 1. The van der Waals surface area contributed by atoms with Crippen molar-refractivity contribution < 1.29 is 17.9 Å². The first-order valence-corrected chi connectivity index (χ1v) is 6.49. The Labute approximate surface area is 120 Å². The predicted octanol–water partition coefficient (Wildman–Crippen LogP) is 2.61. The third-order valence-corrected chi connectivity index (χ3v) is 2.71. The highest BCUT2D eigenvalue weighted by atomic mass is 19.4. The highest BCUT2D eigenvalue weighted by Gasteiger charge is 2.28. The van der Waals surface area contributed by atoms with E-state index in [1.54, 1.807) is 23.0 Å². The van der Waals surface area contributed by atoms with Crippen LogP contribution < -0.4 is 10.1 Å². The van der Waals surface area contributed by atoms with Crippen molar-refractivity contribution in [1.29, 1.82) is 0 Å². The number of ether oxygens (including phenoxy) is 1. The fourth-order valence-electron chi connectivity index (χ4n) is 1.77. The Morgan fingerprint density at radius 2 is 2.10 bits per heavy atom. The van der Waals surface area contributed by atoms with Gasteiger partial charge in [0.25, 0.3) is 0 Å². The molecule has 7 heteroatoms. The maximum atomic E-state index is 12.1. The van der Waals surface area contributed by atoms with E-state index in [0.29, 0.717) is 6.54 Å². The van der Waals surface area contributed by atoms with Crippen molar-refractivity contribution in [2.24, 2.45) is 0 Å². The summed E-state index contributed by atoms with van der Waals surface area (Å²) in [5, 5.41) is 7.27. The van der Waals surface area contributed by atoms with E-state index in [-0.39, 0.29) is 5.75 Å². The number of hydrogen-bond donors (Lipinski definition) is 1. The van der Waals surface area contributed by atoms with Crippen LogP contribution in [-0.4, -0.2) is 29.1 Å². The van der Waals surface area contributed by atoms with Crippen LogP contribution in [0.4, 0.5) is 13.2 Å².